The molecule has 2 aromatic carbocycles. The second-order valence-electron chi connectivity index (χ2n) is 7.66. The first-order chi connectivity index (χ1) is 15.5. The minimum absolute atomic E-state index is 0.159. The number of likely N-dealkylation sites (tertiary alicyclic amines) is 1. The molecule has 0 aliphatic carbocycles. The van der Waals surface area contributed by atoms with Gasteiger partial charge in [0, 0.05) is 6.54 Å². The van der Waals surface area contributed by atoms with Crippen LogP contribution in [-0.4, -0.2) is 39.2 Å². The zero-order chi connectivity index (χ0) is 22.4. The minimum Gasteiger partial charge on any atom is -0.494 e. The molecular formula is C24H25N3O3S2. The number of hydrogen-bond acceptors (Lipinski definition) is 6. The molecule has 8 heteroatoms. The third-order valence-electron chi connectivity index (χ3n) is 5.47. The van der Waals surface area contributed by atoms with Crippen LogP contribution in [0.25, 0.3) is 11.1 Å². The van der Waals surface area contributed by atoms with Crippen LogP contribution in [-0.2, 0) is 10.0 Å². The molecule has 1 fully saturated rings. The van der Waals surface area contributed by atoms with Crippen LogP contribution in [0.15, 0.2) is 70.3 Å². The number of rotatable bonds is 9. The maximum absolute atomic E-state index is 12.5. The molecule has 1 aromatic heterocycles. The van der Waals surface area contributed by atoms with Crippen LogP contribution in [0.5, 0.6) is 5.75 Å². The lowest BCUT2D eigenvalue weighted by Gasteiger charge is -2.24. The smallest absolute Gasteiger partial charge is 0.251 e. The highest BCUT2D eigenvalue weighted by Gasteiger charge is 2.29. The van der Waals surface area contributed by atoms with Crippen LogP contribution >= 0.6 is 11.3 Å². The van der Waals surface area contributed by atoms with Crippen LogP contribution in [0.2, 0.25) is 0 Å². The van der Waals surface area contributed by atoms with Gasteiger partial charge < -0.3 is 4.74 Å². The van der Waals surface area contributed by atoms with Crippen molar-refractivity contribution in [1.82, 2.24) is 9.62 Å². The molecule has 3 aromatic rings. The van der Waals surface area contributed by atoms with Gasteiger partial charge in [0.05, 0.1) is 24.4 Å². The van der Waals surface area contributed by atoms with Crippen molar-refractivity contribution in [2.75, 3.05) is 19.7 Å². The number of thiophene rings is 1. The van der Waals surface area contributed by atoms with E-state index in [9.17, 15) is 8.42 Å². The molecule has 4 rings (SSSR count). The number of hydrogen-bond donors (Lipinski definition) is 1. The highest BCUT2D eigenvalue weighted by Crippen LogP contribution is 2.24. The lowest BCUT2D eigenvalue weighted by Crippen LogP contribution is -2.44. The molecular weight excluding hydrogens is 442 g/mol. The Kier molecular flexibility index (Phi) is 7.22. The summed E-state index contributed by atoms with van der Waals surface area (Å²) in [6, 6.07) is 20.9. The molecule has 1 atom stereocenters. The molecule has 0 bridgehead atoms. The summed E-state index contributed by atoms with van der Waals surface area (Å²) in [5.41, 5.74) is 2.77. The Balaban J connectivity index is 1.24. The molecule has 32 heavy (non-hydrogen) atoms. The monoisotopic (exact) mass is 467 g/mol. The highest BCUT2D eigenvalue weighted by molar-refractivity contribution is 7.91. The molecule has 6 nitrogen and oxygen atoms in total. The van der Waals surface area contributed by atoms with Crippen LogP contribution in [0.1, 0.15) is 24.8 Å². The van der Waals surface area contributed by atoms with Gasteiger partial charge in [0.25, 0.3) is 10.0 Å². The normalized spacial score (nSPS) is 16.7. The van der Waals surface area contributed by atoms with E-state index >= 15 is 0 Å². The lowest BCUT2D eigenvalue weighted by atomic mass is 10.0. The van der Waals surface area contributed by atoms with Crippen molar-refractivity contribution in [3.8, 4) is 22.9 Å². The molecule has 1 aliphatic rings. The van der Waals surface area contributed by atoms with Gasteiger partial charge in [-0.05, 0) is 72.6 Å². The SMILES string of the molecule is N#Cc1ccc(-c2ccc(OCCCN3CCCC3NS(=O)(=O)c3cccs3)cc2)cc1. The van der Waals surface area contributed by atoms with Gasteiger partial charge in [-0.15, -0.1) is 11.3 Å². The topological polar surface area (TPSA) is 82.4 Å². The summed E-state index contributed by atoms with van der Waals surface area (Å²) < 4.78 is 34.1. The average molecular weight is 468 g/mol. The fourth-order valence-corrected chi connectivity index (χ4v) is 6.08. The van der Waals surface area contributed by atoms with E-state index in [2.05, 4.69) is 15.7 Å². The maximum Gasteiger partial charge on any atom is 0.251 e. The second kappa shape index (κ2) is 10.3. The summed E-state index contributed by atoms with van der Waals surface area (Å²) >= 11 is 1.23. The number of nitriles is 1. The van der Waals surface area contributed by atoms with Gasteiger partial charge in [0.1, 0.15) is 9.96 Å². The van der Waals surface area contributed by atoms with E-state index in [0.717, 1.165) is 49.2 Å². The van der Waals surface area contributed by atoms with E-state index < -0.39 is 10.0 Å². The highest BCUT2D eigenvalue weighted by atomic mass is 32.2. The van der Waals surface area contributed by atoms with Crippen LogP contribution < -0.4 is 9.46 Å². The summed E-state index contributed by atoms with van der Waals surface area (Å²) in [7, 11) is -3.46. The van der Waals surface area contributed by atoms with E-state index in [4.69, 9.17) is 10.00 Å². The zero-order valence-corrected chi connectivity index (χ0v) is 19.2. The Morgan fingerprint density at radius 2 is 1.81 bits per heavy atom. The van der Waals surface area contributed by atoms with Gasteiger partial charge in [-0.25, -0.2) is 8.42 Å². The number of benzene rings is 2. The minimum atomic E-state index is -3.46. The largest absolute Gasteiger partial charge is 0.494 e. The third-order valence-corrected chi connectivity index (χ3v) is 8.33. The Hall–Kier alpha value is -2.70. The van der Waals surface area contributed by atoms with Gasteiger partial charge in [-0.3, -0.25) is 4.90 Å². The van der Waals surface area contributed by atoms with Crippen molar-refractivity contribution in [3.63, 3.8) is 0 Å². The Morgan fingerprint density at radius 3 is 2.47 bits per heavy atom. The Morgan fingerprint density at radius 1 is 1.09 bits per heavy atom. The standard InChI is InChI=1S/C24H25N3O3S2/c25-18-19-6-8-20(9-7-19)21-10-12-22(13-11-21)30-16-3-15-27-14-1-4-23(27)26-32(28,29)24-5-2-17-31-24/h2,5-13,17,23,26H,1,3-4,14-16H2. The number of sulfonamides is 1. The fraction of sp³-hybridized carbons (Fsp3) is 0.292. The van der Waals surface area contributed by atoms with E-state index in [1.807, 2.05) is 48.5 Å². The van der Waals surface area contributed by atoms with Crippen LogP contribution in [0, 0.1) is 11.3 Å². The summed E-state index contributed by atoms with van der Waals surface area (Å²) in [5, 5.41) is 10.7. The van der Waals surface area contributed by atoms with Crippen molar-refractivity contribution in [2.45, 2.75) is 29.6 Å². The van der Waals surface area contributed by atoms with Gasteiger partial charge in [-0.2, -0.15) is 9.98 Å². The molecule has 2 heterocycles. The van der Waals surface area contributed by atoms with Crippen molar-refractivity contribution in [3.05, 3.63) is 71.6 Å². The van der Waals surface area contributed by atoms with Gasteiger partial charge in [0.2, 0.25) is 0 Å². The molecule has 1 saturated heterocycles. The van der Waals surface area contributed by atoms with Crippen LogP contribution in [0.4, 0.5) is 0 Å². The maximum atomic E-state index is 12.5. The third kappa shape index (κ3) is 5.56. The first kappa shape index (κ1) is 22.5. The van der Waals surface area contributed by atoms with Crippen molar-refractivity contribution >= 4 is 21.4 Å². The van der Waals surface area contributed by atoms with Gasteiger partial charge in [0.15, 0.2) is 0 Å². The molecule has 0 saturated carbocycles. The molecule has 0 radical (unpaired) electrons. The molecule has 0 spiro atoms. The van der Waals surface area contributed by atoms with E-state index in [-0.39, 0.29) is 6.17 Å². The lowest BCUT2D eigenvalue weighted by molar-refractivity contribution is 0.214. The van der Waals surface area contributed by atoms with Gasteiger partial charge >= 0.3 is 0 Å². The summed E-state index contributed by atoms with van der Waals surface area (Å²) in [4.78, 5) is 2.18. The first-order valence-corrected chi connectivity index (χ1v) is 12.9. The summed E-state index contributed by atoms with van der Waals surface area (Å²) in [5.74, 6) is 0.804. The summed E-state index contributed by atoms with van der Waals surface area (Å²) in [6.45, 7) is 2.23. The number of ether oxygens (including phenoxy) is 1. The molecule has 166 valence electrons. The average Bonchev–Trinajstić information content (AvgIpc) is 3.50. The summed E-state index contributed by atoms with van der Waals surface area (Å²) in [6.07, 6.45) is 2.46. The fourth-order valence-electron chi connectivity index (χ4n) is 3.82. The van der Waals surface area contributed by atoms with E-state index in [0.29, 0.717) is 16.4 Å². The quantitative estimate of drug-likeness (QED) is 0.470. The molecule has 1 N–H and O–H groups in total. The van der Waals surface area contributed by atoms with Gasteiger partial charge in [-0.1, -0.05) is 30.3 Å². The van der Waals surface area contributed by atoms with Crippen LogP contribution in [0.3, 0.4) is 0 Å². The van der Waals surface area contributed by atoms with E-state index in [1.165, 1.54) is 11.3 Å². The molecule has 0 amide bonds. The molecule has 1 unspecified atom stereocenters. The molecule has 1 aliphatic heterocycles. The first-order valence-electron chi connectivity index (χ1n) is 10.6. The number of nitrogens with zero attached hydrogens (tertiary/aromatic N) is 2. The predicted molar refractivity (Wildman–Crippen MR) is 126 cm³/mol. The second-order valence-corrected chi connectivity index (χ2v) is 10.6. The van der Waals surface area contributed by atoms with Crippen molar-refractivity contribution in [2.24, 2.45) is 0 Å². The Bertz CT molecular complexity index is 1150. The predicted octanol–water partition coefficient (Wildman–Crippen LogP) is 4.46. The van der Waals surface area contributed by atoms with Crippen molar-refractivity contribution in [1.29, 1.82) is 5.26 Å². The zero-order valence-electron chi connectivity index (χ0n) is 17.6. The Labute approximate surface area is 193 Å². The van der Waals surface area contributed by atoms with Crippen molar-refractivity contribution < 1.29 is 13.2 Å². The number of nitrogens with one attached hydrogen (secondary N) is 1. The van der Waals surface area contributed by atoms with E-state index in [1.54, 1.807) is 17.5 Å².